The molecule has 0 radical (unpaired) electrons. The summed E-state index contributed by atoms with van der Waals surface area (Å²) in [6, 6.07) is 9.70. The molecule has 7 heteroatoms. The maximum absolute atomic E-state index is 6.05. The van der Waals surface area contributed by atoms with Gasteiger partial charge in [0.15, 0.2) is 5.75 Å². The van der Waals surface area contributed by atoms with E-state index in [0.717, 1.165) is 21.8 Å². The fraction of sp³-hybridized carbons (Fsp3) is 0. The van der Waals surface area contributed by atoms with Crippen LogP contribution in [0.1, 0.15) is 0 Å². The number of aromatic amines is 1. The number of benzene rings is 2. The van der Waals surface area contributed by atoms with Crippen LogP contribution in [-0.4, -0.2) is 4.98 Å². The maximum atomic E-state index is 6.05. The van der Waals surface area contributed by atoms with Gasteiger partial charge in [-0.3, -0.25) is 11.0 Å². The molecule has 0 saturated carbocycles. The van der Waals surface area contributed by atoms with Crippen molar-refractivity contribution in [1.29, 1.82) is 0 Å². The van der Waals surface area contributed by atoms with Crippen LogP contribution in [0.15, 0.2) is 30.3 Å². The summed E-state index contributed by atoms with van der Waals surface area (Å²) in [4.78, 5) is 3.25. The van der Waals surface area contributed by atoms with Crippen molar-refractivity contribution in [2.24, 2.45) is 11.0 Å². The van der Waals surface area contributed by atoms with Crippen LogP contribution in [-0.2, 0) is 0 Å². The smallest absolute Gasteiger partial charge is 0.236 e. The molecule has 0 unspecified atom stereocenters. The molecule has 3 rings (SSSR count). The van der Waals surface area contributed by atoms with E-state index in [1.165, 1.54) is 0 Å². The number of nitrogen functional groups attached to an aromatic ring is 2. The second kappa shape index (κ2) is 4.28. The standard InChI is InChI=1S/C12H14N5OP/c13-10-9(18-19(15)16)5-7-6-3-1-2-4-8(6)17-12(7)11(10)14/h1-5,17H,13-16H2. The summed E-state index contributed by atoms with van der Waals surface area (Å²) in [6.45, 7) is 0. The summed E-state index contributed by atoms with van der Waals surface area (Å²) in [5.74, 6) is 0.422. The molecule has 1 heterocycles. The van der Waals surface area contributed by atoms with Crippen molar-refractivity contribution < 1.29 is 4.52 Å². The van der Waals surface area contributed by atoms with Gasteiger partial charge in [-0.25, -0.2) is 0 Å². The van der Waals surface area contributed by atoms with E-state index in [4.69, 9.17) is 27.0 Å². The first-order valence-electron chi connectivity index (χ1n) is 5.64. The van der Waals surface area contributed by atoms with E-state index in [1.54, 1.807) is 0 Å². The highest BCUT2D eigenvalue weighted by Crippen LogP contribution is 2.41. The van der Waals surface area contributed by atoms with Crippen LogP contribution in [0.2, 0.25) is 0 Å². The highest BCUT2D eigenvalue weighted by molar-refractivity contribution is 7.47. The predicted octanol–water partition coefficient (Wildman–Crippen LogP) is 2.01. The average Bonchev–Trinajstić information content (AvgIpc) is 2.74. The maximum Gasteiger partial charge on any atom is 0.236 e. The van der Waals surface area contributed by atoms with Gasteiger partial charge in [0.1, 0.15) is 5.69 Å². The average molecular weight is 275 g/mol. The molecule has 1 aromatic heterocycles. The molecule has 2 aromatic carbocycles. The first kappa shape index (κ1) is 12.0. The first-order chi connectivity index (χ1) is 9.08. The highest BCUT2D eigenvalue weighted by Gasteiger charge is 2.15. The lowest BCUT2D eigenvalue weighted by Gasteiger charge is -2.12. The Hall–Kier alpha value is -2.01. The minimum absolute atomic E-state index is 0.349. The Morgan fingerprint density at radius 3 is 2.47 bits per heavy atom. The van der Waals surface area contributed by atoms with Gasteiger partial charge in [0.2, 0.25) is 8.45 Å². The van der Waals surface area contributed by atoms with Gasteiger partial charge in [0.25, 0.3) is 0 Å². The highest BCUT2D eigenvalue weighted by atomic mass is 31.2. The molecular formula is C12H14N5OP. The number of fused-ring (bicyclic) bond motifs is 3. The minimum atomic E-state index is -1.54. The normalized spacial score (nSPS) is 11.5. The second-order valence-corrected chi connectivity index (χ2v) is 5.15. The zero-order chi connectivity index (χ0) is 13.6. The van der Waals surface area contributed by atoms with E-state index in [9.17, 15) is 0 Å². The van der Waals surface area contributed by atoms with E-state index < -0.39 is 8.45 Å². The van der Waals surface area contributed by atoms with Crippen LogP contribution in [0.4, 0.5) is 11.4 Å². The number of hydrogen-bond acceptors (Lipinski definition) is 5. The van der Waals surface area contributed by atoms with Crippen LogP contribution < -0.4 is 27.0 Å². The summed E-state index contributed by atoms with van der Waals surface area (Å²) >= 11 is 0. The lowest BCUT2D eigenvalue weighted by molar-refractivity contribution is 0.619. The summed E-state index contributed by atoms with van der Waals surface area (Å²) < 4.78 is 5.35. The van der Waals surface area contributed by atoms with Crippen molar-refractivity contribution >= 4 is 41.6 Å². The monoisotopic (exact) mass is 275 g/mol. The Bertz CT molecular complexity index is 767. The van der Waals surface area contributed by atoms with Crippen LogP contribution in [0.5, 0.6) is 5.75 Å². The van der Waals surface area contributed by atoms with Crippen LogP contribution in [0.25, 0.3) is 21.8 Å². The number of anilines is 2. The van der Waals surface area contributed by atoms with E-state index in [2.05, 4.69) is 4.98 Å². The summed E-state index contributed by atoms with van der Waals surface area (Å²) in [6.07, 6.45) is 0. The van der Waals surface area contributed by atoms with Crippen LogP contribution in [0.3, 0.4) is 0 Å². The lowest BCUT2D eigenvalue weighted by Crippen LogP contribution is -2.07. The number of para-hydroxylation sites is 1. The largest absolute Gasteiger partial charge is 0.443 e. The molecule has 6 nitrogen and oxygen atoms in total. The molecule has 0 saturated heterocycles. The van der Waals surface area contributed by atoms with Crippen LogP contribution in [0, 0.1) is 0 Å². The summed E-state index contributed by atoms with van der Waals surface area (Å²) in [5, 5.41) is 1.99. The Morgan fingerprint density at radius 1 is 1.00 bits per heavy atom. The van der Waals surface area contributed by atoms with Gasteiger partial charge >= 0.3 is 0 Å². The van der Waals surface area contributed by atoms with Gasteiger partial charge in [-0.15, -0.1) is 0 Å². The number of rotatable bonds is 2. The van der Waals surface area contributed by atoms with Gasteiger partial charge in [0, 0.05) is 16.3 Å². The number of nitrogens with two attached hydrogens (primary N) is 4. The Labute approximate surface area is 110 Å². The zero-order valence-corrected chi connectivity index (χ0v) is 10.9. The third-order valence-corrected chi connectivity index (χ3v) is 3.46. The number of nitrogens with one attached hydrogen (secondary N) is 1. The van der Waals surface area contributed by atoms with E-state index in [1.807, 2.05) is 30.3 Å². The van der Waals surface area contributed by atoms with Crippen molar-refractivity contribution in [2.45, 2.75) is 0 Å². The minimum Gasteiger partial charge on any atom is -0.443 e. The third kappa shape index (κ3) is 1.86. The van der Waals surface area contributed by atoms with Crippen molar-refractivity contribution in [3.05, 3.63) is 30.3 Å². The third-order valence-electron chi connectivity index (χ3n) is 3.05. The van der Waals surface area contributed by atoms with E-state index in [-0.39, 0.29) is 0 Å². The molecule has 9 N–H and O–H groups in total. The molecule has 0 spiro atoms. The lowest BCUT2D eigenvalue weighted by atomic mass is 10.1. The first-order valence-corrected chi connectivity index (χ1v) is 7.03. The fourth-order valence-electron chi connectivity index (χ4n) is 2.19. The van der Waals surface area contributed by atoms with Gasteiger partial charge in [-0.1, -0.05) is 18.2 Å². The number of H-pyrrole nitrogens is 1. The predicted molar refractivity (Wildman–Crippen MR) is 80.6 cm³/mol. The molecule has 0 amide bonds. The van der Waals surface area contributed by atoms with E-state index >= 15 is 0 Å². The van der Waals surface area contributed by atoms with Crippen molar-refractivity contribution in [3.63, 3.8) is 0 Å². The molecule has 0 atom stereocenters. The fourth-order valence-corrected chi connectivity index (χ4v) is 2.57. The Morgan fingerprint density at radius 2 is 1.74 bits per heavy atom. The van der Waals surface area contributed by atoms with Gasteiger partial charge in [0.05, 0.1) is 11.2 Å². The summed E-state index contributed by atoms with van der Waals surface area (Å²) in [7, 11) is -1.54. The van der Waals surface area contributed by atoms with Crippen LogP contribution >= 0.6 is 8.45 Å². The molecule has 0 bridgehead atoms. The molecule has 0 aliphatic heterocycles. The van der Waals surface area contributed by atoms with Crippen molar-refractivity contribution in [1.82, 2.24) is 4.98 Å². The Kier molecular flexibility index (Phi) is 2.71. The zero-order valence-electron chi connectivity index (χ0n) is 10.1. The topological polar surface area (TPSA) is 129 Å². The van der Waals surface area contributed by atoms with Crippen molar-refractivity contribution in [3.8, 4) is 5.75 Å². The molecule has 0 fully saturated rings. The van der Waals surface area contributed by atoms with Gasteiger partial charge in [-0.2, -0.15) is 0 Å². The Balaban J connectivity index is 2.36. The van der Waals surface area contributed by atoms with Gasteiger partial charge in [-0.05, 0) is 12.1 Å². The molecule has 98 valence electrons. The molecule has 0 aliphatic carbocycles. The van der Waals surface area contributed by atoms with E-state index in [0.29, 0.717) is 17.1 Å². The second-order valence-electron chi connectivity index (χ2n) is 4.25. The van der Waals surface area contributed by atoms with Crippen molar-refractivity contribution in [2.75, 3.05) is 11.5 Å². The quantitative estimate of drug-likeness (QED) is 0.361. The molecular weight excluding hydrogens is 261 g/mol. The summed E-state index contributed by atoms with van der Waals surface area (Å²) in [5.41, 5.74) is 25.6. The SMILES string of the molecule is Nc1c(OP(N)N)cc2c([nH]c3ccccc32)c1N. The van der Waals surface area contributed by atoms with Gasteiger partial charge < -0.3 is 21.0 Å². The molecule has 3 aromatic rings. The molecule has 0 aliphatic rings. The number of aromatic nitrogens is 1. The number of hydrogen-bond donors (Lipinski definition) is 5. The molecule has 19 heavy (non-hydrogen) atoms.